The SMILES string of the molecule is Clc1nc2c(c(OCCc3c[nH]c4ccccc34)n1)OCCN2. The van der Waals surface area contributed by atoms with Gasteiger partial charge in [0.1, 0.15) is 6.61 Å². The lowest BCUT2D eigenvalue weighted by Crippen LogP contribution is -2.20. The zero-order valence-corrected chi connectivity index (χ0v) is 13.1. The monoisotopic (exact) mass is 330 g/mol. The first-order valence-electron chi connectivity index (χ1n) is 7.43. The third-order valence-corrected chi connectivity index (χ3v) is 3.90. The molecule has 118 valence electrons. The molecule has 0 amide bonds. The lowest BCUT2D eigenvalue weighted by Gasteiger charge is -2.20. The molecule has 0 saturated heterocycles. The van der Waals surface area contributed by atoms with E-state index in [9.17, 15) is 0 Å². The highest BCUT2D eigenvalue weighted by molar-refractivity contribution is 6.28. The van der Waals surface area contributed by atoms with Gasteiger partial charge in [0.25, 0.3) is 5.88 Å². The third-order valence-electron chi connectivity index (χ3n) is 3.73. The van der Waals surface area contributed by atoms with Gasteiger partial charge in [0.15, 0.2) is 5.82 Å². The molecule has 2 N–H and O–H groups in total. The molecule has 6 nitrogen and oxygen atoms in total. The van der Waals surface area contributed by atoms with Gasteiger partial charge in [-0.25, -0.2) is 0 Å². The number of para-hydroxylation sites is 1. The summed E-state index contributed by atoms with van der Waals surface area (Å²) in [5.41, 5.74) is 2.33. The average molecular weight is 331 g/mol. The van der Waals surface area contributed by atoms with Gasteiger partial charge in [0, 0.05) is 23.5 Å². The second kappa shape index (κ2) is 5.96. The van der Waals surface area contributed by atoms with Crippen LogP contribution in [0.25, 0.3) is 10.9 Å². The van der Waals surface area contributed by atoms with Crippen molar-refractivity contribution in [3.8, 4) is 11.6 Å². The van der Waals surface area contributed by atoms with Crippen LogP contribution in [0.3, 0.4) is 0 Å². The van der Waals surface area contributed by atoms with Crippen LogP contribution in [0.4, 0.5) is 5.82 Å². The number of nitrogens with zero attached hydrogens (tertiary/aromatic N) is 2. The summed E-state index contributed by atoms with van der Waals surface area (Å²) in [6.07, 6.45) is 2.77. The number of rotatable bonds is 4. The molecule has 0 fully saturated rings. The largest absolute Gasteiger partial charge is 0.483 e. The Kier molecular flexibility index (Phi) is 3.67. The Labute approximate surface area is 137 Å². The number of H-pyrrole nitrogens is 1. The van der Waals surface area contributed by atoms with Crippen LogP contribution in [-0.2, 0) is 6.42 Å². The Morgan fingerprint density at radius 2 is 2.17 bits per heavy atom. The van der Waals surface area contributed by atoms with Crippen molar-refractivity contribution < 1.29 is 9.47 Å². The van der Waals surface area contributed by atoms with Gasteiger partial charge in [0.2, 0.25) is 11.0 Å². The summed E-state index contributed by atoms with van der Waals surface area (Å²) in [6, 6.07) is 8.19. The van der Waals surface area contributed by atoms with Gasteiger partial charge < -0.3 is 19.8 Å². The molecule has 0 bridgehead atoms. The number of nitrogens with one attached hydrogen (secondary N) is 2. The quantitative estimate of drug-likeness (QED) is 0.719. The lowest BCUT2D eigenvalue weighted by atomic mass is 10.1. The van der Waals surface area contributed by atoms with Gasteiger partial charge in [-0.3, -0.25) is 0 Å². The first kappa shape index (κ1) is 14.1. The molecule has 3 aromatic rings. The standard InChI is InChI=1S/C16H15ClN4O2/c17-16-20-14-13(22-8-6-18-14)15(21-16)23-7-5-10-9-19-12-4-2-1-3-11(10)12/h1-4,9,19H,5-8H2,(H,18,20,21). The molecule has 1 aliphatic rings. The molecule has 2 aromatic heterocycles. The van der Waals surface area contributed by atoms with Gasteiger partial charge in [-0.15, -0.1) is 0 Å². The van der Waals surface area contributed by atoms with E-state index in [0.717, 1.165) is 11.9 Å². The molecule has 0 radical (unpaired) electrons. The van der Waals surface area contributed by atoms with Crippen LogP contribution in [0, 0.1) is 0 Å². The van der Waals surface area contributed by atoms with Gasteiger partial charge in [-0.2, -0.15) is 9.97 Å². The molecule has 0 saturated carbocycles. The minimum Gasteiger partial charge on any atom is -0.483 e. The number of anilines is 1. The summed E-state index contributed by atoms with van der Waals surface area (Å²) >= 11 is 5.94. The molecule has 0 atom stereocenters. The van der Waals surface area contributed by atoms with Crippen LogP contribution in [0.5, 0.6) is 11.6 Å². The average Bonchev–Trinajstić information content (AvgIpc) is 2.98. The maximum atomic E-state index is 5.94. The van der Waals surface area contributed by atoms with Crippen molar-refractivity contribution in [1.29, 1.82) is 0 Å². The topological polar surface area (TPSA) is 72.1 Å². The molecule has 1 aromatic carbocycles. The van der Waals surface area contributed by atoms with Crippen LogP contribution < -0.4 is 14.8 Å². The molecule has 3 heterocycles. The molecule has 1 aliphatic heterocycles. The number of ether oxygens (including phenoxy) is 2. The second-order valence-electron chi connectivity index (χ2n) is 5.21. The third kappa shape index (κ3) is 2.77. The maximum absolute atomic E-state index is 5.94. The fourth-order valence-corrected chi connectivity index (χ4v) is 2.83. The van der Waals surface area contributed by atoms with Crippen LogP contribution in [0.2, 0.25) is 5.28 Å². The van der Waals surface area contributed by atoms with Crippen molar-refractivity contribution in [3.05, 3.63) is 41.3 Å². The van der Waals surface area contributed by atoms with E-state index in [1.807, 2.05) is 18.3 Å². The molecule has 0 aliphatic carbocycles. The van der Waals surface area contributed by atoms with Crippen LogP contribution in [-0.4, -0.2) is 34.7 Å². The van der Waals surface area contributed by atoms with E-state index < -0.39 is 0 Å². The van der Waals surface area contributed by atoms with E-state index in [-0.39, 0.29) is 5.28 Å². The van der Waals surface area contributed by atoms with Gasteiger partial charge >= 0.3 is 0 Å². The number of hydrogen-bond acceptors (Lipinski definition) is 5. The summed E-state index contributed by atoms with van der Waals surface area (Å²) in [5.74, 6) is 1.49. The molecule has 7 heteroatoms. The molecule has 23 heavy (non-hydrogen) atoms. The zero-order valence-electron chi connectivity index (χ0n) is 12.3. The van der Waals surface area contributed by atoms with Crippen LogP contribution in [0.15, 0.2) is 30.5 Å². The molecule has 0 unspecified atom stereocenters. The summed E-state index contributed by atoms with van der Waals surface area (Å²) in [5, 5.41) is 4.47. The number of aromatic amines is 1. The Morgan fingerprint density at radius 3 is 3.13 bits per heavy atom. The minimum absolute atomic E-state index is 0.142. The summed E-state index contributed by atoms with van der Waals surface area (Å²) in [7, 11) is 0. The zero-order chi connectivity index (χ0) is 15.6. The normalized spacial score (nSPS) is 13.3. The highest BCUT2D eigenvalue weighted by Gasteiger charge is 2.20. The fraction of sp³-hybridized carbons (Fsp3) is 0.250. The highest BCUT2D eigenvalue weighted by atomic mass is 35.5. The predicted octanol–water partition coefficient (Wildman–Crippen LogP) is 3.04. The molecule has 0 spiro atoms. The van der Waals surface area contributed by atoms with E-state index in [4.69, 9.17) is 21.1 Å². The maximum Gasteiger partial charge on any atom is 0.263 e. The van der Waals surface area contributed by atoms with Crippen molar-refractivity contribution in [3.63, 3.8) is 0 Å². The number of hydrogen-bond donors (Lipinski definition) is 2. The van der Waals surface area contributed by atoms with Crippen molar-refractivity contribution >= 4 is 28.3 Å². The van der Waals surface area contributed by atoms with Gasteiger partial charge in [-0.05, 0) is 23.2 Å². The first-order valence-corrected chi connectivity index (χ1v) is 7.81. The Morgan fingerprint density at radius 1 is 1.26 bits per heavy atom. The second-order valence-corrected chi connectivity index (χ2v) is 5.55. The molecule has 4 rings (SSSR count). The van der Waals surface area contributed by atoms with E-state index >= 15 is 0 Å². The van der Waals surface area contributed by atoms with Crippen LogP contribution in [0.1, 0.15) is 5.56 Å². The van der Waals surface area contributed by atoms with Gasteiger partial charge in [-0.1, -0.05) is 18.2 Å². The van der Waals surface area contributed by atoms with Crippen molar-refractivity contribution in [2.24, 2.45) is 0 Å². The smallest absolute Gasteiger partial charge is 0.263 e. The highest BCUT2D eigenvalue weighted by Crippen LogP contribution is 2.35. The van der Waals surface area contributed by atoms with Crippen LogP contribution >= 0.6 is 11.6 Å². The van der Waals surface area contributed by atoms with Crippen molar-refractivity contribution in [1.82, 2.24) is 15.0 Å². The molecular weight excluding hydrogens is 316 g/mol. The minimum atomic E-state index is 0.142. The number of halogens is 1. The van der Waals surface area contributed by atoms with Crippen molar-refractivity contribution in [2.45, 2.75) is 6.42 Å². The lowest BCUT2D eigenvalue weighted by molar-refractivity contribution is 0.261. The van der Waals surface area contributed by atoms with E-state index in [0.29, 0.717) is 37.2 Å². The molecular formula is C16H15ClN4O2. The summed E-state index contributed by atoms with van der Waals surface area (Å²) < 4.78 is 11.4. The number of benzene rings is 1. The number of fused-ring (bicyclic) bond motifs is 2. The van der Waals surface area contributed by atoms with E-state index in [1.54, 1.807) is 0 Å². The number of aromatic nitrogens is 3. The summed E-state index contributed by atoms with van der Waals surface area (Å²) in [6.45, 7) is 1.72. The van der Waals surface area contributed by atoms with E-state index in [1.165, 1.54) is 10.9 Å². The Hall–Kier alpha value is -2.47. The fourth-order valence-electron chi connectivity index (χ4n) is 2.67. The Bertz CT molecular complexity index is 849. The van der Waals surface area contributed by atoms with E-state index in [2.05, 4.69) is 32.4 Å². The predicted molar refractivity (Wildman–Crippen MR) is 88.5 cm³/mol. The Balaban J connectivity index is 1.50. The summed E-state index contributed by atoms with van der Waals surface area (Å²) in [4.78, 5) is 11.5. The first-order chi connectivity index (χ1) is 11.3. The van der Waals surface area contributed by atoms with Crippen molar-refractivity contribution in [2.75, 3.05) is 25.1 Å². The van der Waals surface area contributed by atoms with Gasteiger partial charge in [0.05, 0.1) is 13.2 Å².